The lowest BCUT2D eigenvalue weighted by molar-refractivity contribution is -0.384. The average molecular weight is 340 g/mol. The van der Waals surface area contributed by atoms with Gasteiger partial charge >= 0.3 is 0 Å². The summed E-state index contributed by atoms with van der Waals surface area (Å²) in [6, 6.07) is 4.86. The maximum absolute atomic E-state index is 11.4. The van der Waals surface area contributed by atoms with E-state index in [1.54, 1.807) is 12.1 Å². The van der Waals surface area contributed by atoms with Gasteiger partial charge in [-0.05, 0) is 33.0 Å². The number of nitro benzene ring substituents is 1. The molecule has 1 rings (SSSR count). The van der Waals surface area contributed by atoms with Crippen LogP contribution in [0, 0.1) is 21.4 Å². The molecule has 0 unspecified atom stereocenters. The molecule has 0 heterocycles. The molecular weight excluding hydrogens is 326 g/mol. The second-order valence-electron chi connectivity index (χ2n) is 5.24. The van der Waals surface area contributed by atoms with Crippen LogP contribution < -0.4 is 5.32 Å². The fourth-order valence-corrected chi connectivity index (χ4v) is 2.10. The fourth-order valence-electron chi connectivity index (χ4n) is 1.55. The molecule has 1 aromatic carbocycles. The average Bonchev–Trinajstić information content (AvgIpc) is 2.30. The first kappa shape index (κ1) is 16.1. The Bertz CT molecular complexity index is 600. The van der Waals surface area contributed by atoms with Gasteiger partial charge in [-0.2, -0.15) is 5.26 Å². The van der Waals surface area contributed by atoms with E-state index in [0.29, 0.717) is 4.47 Å². The predicted octanol–water partition coefficient (Wildman–Crippen LogP) is 3.51. The minimum atomic E-state index is -0.584. The van der Waals surface area contributed by atoms with Crippen molar-refractivity contribution in [3.63, 3.8) is 0 Å². The monoisotopic (exact) mass is 339 g/mol. The molecule has 6 nitrogen and oxygen atoms in total. The van der Waals surface area contributed by atoms with E-state index in [1.807, 2.05) is 20.8 Å². The summed E-state index contributed by atoms with van der Waals surface area (Å²) in [7, 11) is 0. The first-order valence-electron chi connectivity index (χ1n) is 5.82. The molecule has 0 spiro atoms. The third-order valence-corrected chi connectivity index (χ3v) is 3.26. The van der Waals surface area contributed by atoms with Crippen LogP contribution in [0.15, 0.2) is 16.6 Å². The van der Waals surface area contributed by atoms with Crippen molar-refractivity contribution in [1.29, 1.82) is 5.26 Å². The van der Waals surface area contributed by atoms with Crippen LogP contribution in [0.4, 0.5) is 11.4 Å². The number of hydrogen-bond acceptors (Lipinski definition) is 4. The van der Waals surface area contributed by atoms with Crippen LogP contribution in [-0.4, -0.2) is 10.8 Å². The highest BCUT2D eigenvalue weighted by Gasteiger charge is 2.24. The summed E-state index contributed by atoms with van der Waals surface area (Å²) in [5.41, 5.74) is 0.385. The molecule has 7 heteroatoms. The molecule has 0 aliphatic rings. The van der Waals surface area contributed by atoms with Crippen molar-refractivity contribution < 1.29 is 9.72 Å². The fraction of sp³-hybridized carbons (Fsp3) is 0.385. The molecule has 0 atom stereocenters. The third kappa shape index (κ3) is 3.78. The highest BCUT2D eigenvalue weighted by atomic mass is 79.9. The van der Waals surface area contributed by atoms with Crippen molar-refractivity contribution in [3.05, 3.63) is 32.3 Å². The largest absolute Gasteiger partial charge is 0.319 e. The molecule has 0 saturated heterocycles. The van der Waals surface area contributed by atoms with Crippen molar-refractivity contribution in [3.8, 4) is 6.07 Å². The zero-order valence-corrected chi connectivity index (χ0v) is 12.9. The Morgan fingerprint density at radius 1 is 1.50 bits per heavy atom. The van der Waals surface area contributed by atoms with Gasteiger partial charge in [-0.1, -0.05) is 20.8 Å². The number of hydrogen-bond donors (Lipinski definition) is 1. The zero-order chi connectivity index (χ0) is 15.5. The number of anilines is 1. The summed E-state index contributed by atoms with van der Waals surface area (Å²) in [5.74, 6) is -0.584. The lowest BCUT2D eigenvalue weighted by atomic mass is 9.86. The minimum Gasteiger partial charge on any atom is -0.319 e. The summed E-state index contributed by atoms with van der Waals surface area (Å²) in [6.07, 6.45) is -0.357. The number of nitro groups is 1. The molecule has 0 aromatic heterocycles. The molecule has 106 valence electrons. The maximum atomic E-state index is 11.4. The number of carbonyl (C=O) groups excluding carboxylic acids is 1. The van der Waals surface area contributed by atoms with Gasteiger partial charge in [0.15, 0.2) is 0 Å². The van der Waals surface area contributed by atoms with Crippen molar-refractivity contribution in [1.82, 2.24) is 0 Å². The van der Waals surface area contributed by atoms with E-state index in [-0.39, 0.29) is 23.2 Å². The minimum absolute atomic E-state index is 0.0725. The smallest absolute Gasteiger partial charge is 0.294 e. The summed E-state index contributed by atoms with van der Waals surface area (Å²) in [6.45, 7) is 5.81. The van der Waals surface area contributed by atoms with Crippen LogP contribution >= 0.6 is 15.9 Å². The predicted molar refractivity (Wildman–Crippen MR) is 78.4 cm³/mol. The summed E-state index contributed by atoms with van der Waals surface area (Å²) in [5, 5.41) is 22.0. The molecule has 1 aromatic rings. The van der Waals surface area contributed by atoms with Crippen molar-refractivity contribution >= 4 is 33.2 Å². The Morgan fingerprint density at radius 3 is 2.55 bits per heavy atom. The summed E-state index contributed by atoms with van der Waals surface area (Å²) >= 11 is 3.24. The Labute approximate surface area is 125 Å². The van der Waals surface area contributed by atoms with E-state index in [0.717, 1.165) is 5.56 Å². The second-order valence-corrected chi connectivity index (χ2v) is 6.10. The zero-order valence-electron chi connectivity index (χ0n) is 11.4. The molecule has 1 amide bonds. The maximum Gasteiger partial charge on any atom is 0.294 e. The van der Waals surface area contributed by atoms with Crippen LogP contribution in [0.25, 0.3) is 0 Å². The molecule has 0 aliphatic heterocycles. The highest BCUT2D eigenvalue weighted by Crippen LogP contribution is 2.37. The quantitative estimate of drug-likeness (QED) is 0.673. The SMILES string of the molecule is CC(C)(C)c1cc(Br)c(NC(=O)CC#N)c([N+](=O)[O-])c1. The van der Waals surface area contributed by atoms with Gasteiger partial charge in [-0.25, -0.2) is 0 Å². The van der Waals surface area contributed by atoms with Gasteiger partial charge in [-0.15, -0.1) is 0 Å². The van der Waals surface area contributed by atoms with Crippen LogP contribution in [0.3, 0.4) is 0 Å². The van der Waals surface area contributed by atoms with Crippen molar-refractivity contribution in [2.45, 2.75) is 32.6 Å². The van der Waals surface area contributed by atoms with Crippen molar-refractivity contribution in [2.24, 2.45) is 0 Å². The number of halogens is 1. The summed E-state index contributed by atoms with van der Waals surface area (Å²) < 4.78 is 0.419. The molecule has 20 heavy (non-hydrogen) atoms. The van der Waals surface area contributed by atoms with Crippen LogP contribution in [-0.2, 0) is 10.2 Å². The van der Waals surface area contributed by atoms with Gasteiger partial charge in [0.25, 0.3) is 5.69 Å². The normalized spacial score (nSPS) is 10.8. The lowest BCUT2D eigenvalue weighted by Crippen LogP contribution is -2.15. The van der Waals surface area contributed by atoms with Crippen molar-refractivity contribution in [2.75, 3.05) is 5.32 Å². The van der Waals surface area contributed by atoms with E-state index in [9.17, 15) is 14.9 Å². The molecule has 0 saturated carbocycles. The number of nitrogens with zero attached hydrogens (tertiary/aromatic N) is 2. The van der Waals surface area contributed by atoms with Gasteiger partial charge < -0.3 is 5.32 Å². The molecule has 1 N–H and O–H groups in total. The molecule has 0 aliphatic carbocycles. The Morgan fingerprint density at radius 2 is 2.10 bits per heavy atom. The first-order valence-corrected chi connectivity index (χ1v) is 6.61. The first-order chi connectivity index (χ1) is 9.16. The van der Waals surface area contributed by atoms with Gasteiger partial charge in [0.05, 0.1) is 11.0 Å². The molecule has 0 radical (unpaired) electrons. The summed E-state index contributed by atoms with van der Waals surface area (Å²) in [4.78, 5) is 22.1. The number of amides is 1. The standard InChI is InChI=1S/C13H14BrN3O3/c1-13(2,3)8-6-9(14)12(10(7-8)17(19)20)16-11(18)4-5-15/h6-7H,4H2,1-3H3,(H,16,18). The van der Waals surface area contributed by atoms with Gasteiger partial charge in [-0.3, -0.25) is 14.9 Å². The Kier molecular flexibility index (Phi) is 4.84. The van der Waals surface area contributed by atoms with Gasteiger partial charge in [0.2, 0.25) is 5.91 Å². The van der Waals surface area contributed by atoms with Crippen LogP contribution in [0.5, 0.6) is 0 Å². The second kappa shape index (κ2) is 6.01. The highest BCUT2D eigenvalue weighted by molar-refractivity contribution is 9.10. The van der Waals surface area contributed by atoms with E-state index in [4.69, 9.17) is 5.26 Å². The lowest BCUT2D eigenvalue weighted by Gasteiger charge is -2.20. The number of rotatable bonds is 3. The van der Waals surface area contributed by atoms with Gasteiger partial charge in [0, 0.05) is 10.5 Å². The Hall–Kier alpha value is -1.94. The van der Waals surface area contributed by atoms with E-state index >= 15 is 0 Å². The Balaban J connectivity index is 3.35. The molecular formula is C13H14BrN3O3. The number of nitrogens with one attached hydrogen (secondary N) is 1. The van der Waals surface area contributed by atoms with Crippen LogP contribution in [0.1, 0.15) is 32.8 Å². The van der Waals surface area contributed by atoms with E-state index in [2.05, 4.69) is 21.2 Å². The number of nitriles is 1. The van der Waals surface area contributed by atoms with Gasteiger partial charge in [0.1, 0.15) is 12.1 Å². The van der Waals surface area contributed by atoms with Crippen LogP contribution in [0.2, 0.25) is 0 Å². The third-order valence-electron chi connectivity index (χ3n) is 2.64. The molecule has 0 bridgehead atoms. The van der Waals surface area contributed by atoms with E-state index in [1.165, 1.54) is 6.07 Å². The topological polar surface area (TPSA) is 96.0 Å². The van der Waals surface area contributed by atoms with E-state index < -0.39 is 10.8 Å². The number of carbonyl (C=O) groups is 1. The number of benzene rings is 1. The molecule has 0 fully saturated rings.